The predicted molar refractivity (Wildman–Crippen MR) is 74.7 cm³/mol. The van der Waals surface area contributed by atoms with E-state index in [-0.39, 0.29) is 0 Å². The van der Waals surface area contributed by atoms with Crippen molar-refractivity contribution in [1.82, 2.24) is 5.32 Å². The van der Waals surface area contributed by atoms with Crippen LogP contribution >= 0.6 is 12.2 Å². The molecule has 2 aromatic rings. The average Bonchev–Trinajstić information content (AvgIpc) is 2.38. The van der Waals surface area contributed by atoms with Crippen LogP contribution in [0.1, 0.15) is 29.0 Å². The maximum Gasteiger partial charge on any atom is 0.106 e. The molecule has 0 amide bonds. The van der Waals surface area contributed by atoms with Gasteiger partial charge in [-0.25, -0.2) is 0 Å². The molecule has 1 nitrogen and oxygen atoms in total. The summed E-state index contributed by atoms with van der Waals surface area (Å²) in [7, 11) is 0. The maximum atomic E-state index is 5.43. The van der Waals surface area contributed by atoms with Crippen molar-refractivity contribution in [2.75, 3.05) is 6.54 Å². The topological polar surface area (TPSA) is 12.0 Å². The van der Waals surface area contributed by atoms with E-state index in [4.69, 9.17) is 12.2 Å². The van der Waals surface area contributed by atoms with Crippen LogP contribution in [0.5, 0.6) is 0 Å². The van der Waals surface area contributed by atoms with E-state index in [2.05, 4.69) is 35.6 Å². The first-order valence-corrected chi connectivity index (χ1v) is 6.58. The van der Waals surface area contributed by atoms with Crippen molar-refractivity contribution in [3.8, 4) is 0 Å². The summed E-state index contributed by atoms with van der Waals surface area (Å²) in [5, 5.41) is 6.21. The maximum absolute atomic E-state index is 5.43. The second-order valence-electron chi connectivity index (χ2n) is 4.99. The van der Waals surface area contributed by atoms with E-state index in [0.29, 0.717) is 5.92 Å². The number of benzene rings is 2. The first kappa shape index (κ1) is 9.60. The summed E-state index contributed by atoms with van der Waals surface area (Å²) in [5.41, 5.74) is 4.27. The Balaban J connectivity index is 2.19. The summed E-state index contributed by atoms with van der Waals surface area (Å²) < 4.78 is 0. The van der Waals surface area contributed by atoms with E-state index >= 15 is 0 Å². The zero-order valence-electron chi connectivity index (χ0n) is 9.49. The fourth-order valence-corrected chi connectivity index (χ4v) is 3.57. The van der Waals surface area contributed by atoms with Gasteiger partial charge in [0.05, 0.1) is 0 Å². The number of hydrogen-bond donors (Lipinski definition) is 1. The van der Waals surface area contributed by atoms with Gasteiger partial charge in [-0.05, 0) is 34.7 Å². The zero-order valence-corrected chi connectivity index (χ0v) is 10.3. The minimum Gasteiger partial charge on any atom is -0.375 e. The van der Waals surface area contributed by atoms with Gasteiger partial charge in [0.15, 0.2) is 0 Å². The summed E-state index contributed by atoms with van der Waals surface area (Å²) in [4.78, 5) is 0.926. The van der Waals surface area contributed by atoms with Crippen molar-refractivity contribution >= 4 is 28.0 Å². The third kappa shape index (κ3) is 1.22. The zero-order chi connectivity index (χ0) is 11.4. The molecular weight excluding hydrogens is 226 g/mol. The Morgan fingerprint density at radius 1 is 1.18 bits per heavy atom. The Morgan fingerprint density at radius 2 is 2.12 bits per heavy atom. The minimum absolute atomic E-state index is 0.648. The number of nitrogens with one attached hydrogen (secondary N) is 1. The van der Waals surface area contributed by atoms with Crippen LogP contribution in [0.2, 0.25) is 0 Å². The molecule has 1 unspecified atom stereocenters. The molecule has 2 aliphatic rings. The van der Waals surface area contributed by atoms with Crippen LogP contribution in [0, 0.1) is 0 Å². The Morgan fingerprint density at radius 3 is 3.06 bits per heavy atom. The molecule has 1 N–H and O–H groups in total. The van der Waals surface area contributed by atoms with Gasteiger partial charge in [-0.2, -0.15) is 0 Å². The van der Waals surface area contributed by atoms with Gasteiger partial charge in [-0.3, -0.25) is 0 Å². The monoisotopic (exact) mass is 239 g/mol. The molecule has 84 valence electrons. The largest absolute Gasteiger partial charge is 0.375 e. The predicted octanol–water partition coefficient (Wildman–Crippen LogP) is 3.15. The lowest BCUT2D eigenvalue weighted by Crippen LogP contribution is -2.35. The van der Waals surface area contributed by atoms with Gasteiger partial charge >= 0.3 is 0 Å². The lowest BCUT2D eigenvalue weighted by Gasteiger charge is -2.33. The normalized spacial score (nSPS) is 21.4. The molecule has 0 aromatic heterocycles. The summed E-state index contributed by atoms with van der Waals surface area (Å²) in [6, 6.07) is 11.0. The van der Waals surface area contributed by atoms with Gasteiger partial charge in [0.2, 0.25) is 0 Å². The molecule has 1 atom stereocenters. The summed E-state index contributed by atoms with van der Waals surface area (Å²) >= 11 is 5.43. The Kier molecular flexibility index (Phi) is 1.86. The number of aryl methyl sites for hydroxylation is 1. The molecule has 0 radical (unpaired) electrons. The molecule has 0 bridgehead atoms. The number of rotatable bonds is 0. The minimum atomic E-state index is 0.648. The van der Waals surface area contributed by atoms with E-state index in [0.717, 1.165) is 11.5 Å². The van der Waals surface area contributed by atoms with E-state index in [1.165, 1.54) is 40.3 Å². The van der Waals surface area contributed by atoms with Crippen molar-refractivity contribution in [3.63, 3.8) is 0 Å². The van der Waals surface area contributed by atoms with Crippen molar-refractivity contribution in [3.05, 3.63) is 47.0 Å². The van der Waals surface area contributed by atoms with E-state index in [9.17, 15) is 0 Å². The Bertz CT molecular complexity index is 645. The molecule has 0 fully saturated rings. The van der Waals surface area contributed by atoms with Crippen LogP contribution in [0.25, 0.3) is 10.8 Å². The third-order valence-electron chi connectivity index (χ3n) is 4.10. The average molecular weight is 239 g/mol. The molecule has 17 heavy (non-hydrogen) atoms. The SMILES string of the molecule is S=C1NCC2CCc3cccc4ccc1c2c34. The molecule has 0 saturated carbocycles. The molecule has 4 rings (SSSR count). The van der Waals surface area contributed by atoms with Gasteiger partial charge < -0.3 is 5.32 Å². The quantitative estimate of drug-likeness (QED) is 0.709. The highest BCUT2D eigenvalue weighted by molar-refractivity contribution is 7.80. The summed E-state index contributed by atoms with van der Waals surface area (Å²) in [5.74, 6) is 0.648. The van der Waals surface area contributed by atoms with Gasteiger partial charge in [-0.15, -0.1) is 0 Å². The molecule has 1 heterocycles. The van der Waals surface area contributed by atoms with E-state index in [1.807, 2.05) is 0 Å². The van der Waals surface area contributed by atoms with Crippen LogP contribution in [0.15, 0.2) is 30.3 Å². The Hall–Kier alpha value is -1.41. The van der Waals surface area contributed by atoms with Crippen LogP contribution in [0.3, 0.4) is 0 Å². The molecule has 0 spiro atoms. The van der Waals surface area contributed by atoms with E-state index in [1.54, 1.807) is 0 Å². The molecule has 2 heteroatoms. The molecule has 2 aromatic carbocycles. The van der Waals surface area contributed by atoms with Gasteiger partial charge in [0, 0.05) is 18.0 Å². The molecule has 1 aliphatic carbocycles. The summed E-state index contributed by atoms with van der Waals surface area (Å²) in [6.45, 7) is 1.01. The van der Waals surface area contributed by atoms with Crippen LogP contribution < -0.4 is 5.32 Å². The molecular formula is C15H13NS. The fraction of sp³-hybridized carbons (Fsp3) is 0.267. The molecule has 0 saturated heterocycles. The van der Waals surface area contributed by atoms with Crippen LogP contribution in [-0.2, 0) is 6.42 Å². The van der Waals surface area contributed by atoms with Gasteiger partial charge in [0.1, 0.15) is 4.99 Å². The summed E-state index contributed by atoms with van der Waals surface area (Å²) in [6.07, 6.45) is 2.45. The standard InChI is InChI=1S/C15H13NS/c17-15-12-7-6-10-3-1-2-9-4-5-11(8-16-15)14(12)13(9)10/h1-3,6-7,11H,4-5,8H2,(H,16,17). The second kappa shape index (κ2) is 3.30. The Labute approximate surface area is 106 Å². The number of thiocarbonyl (C=S) groups is 1. The van der Waals surface area contributed by atoms with Crippen molar-refractivity contribution < 1.29 is 0 Å². The highest BCUT2D eigenvalue weighted by Gasteiger charge is 2.28. The highest BCUT2D eigenvalue weighted by atomic mass is 32.1. The van der Waals surface area contributed by atoms with Crippen LogP contribution in [-0.4, -0.2) is 11.5 Å². The lowest BCUT2D eigenvalue weighted by molar-refractivity contribution is 0.589. The second-order valence-corrected chi connectivity index (χ2v) is 5.40. The number of hydrogen-bond acceptors (Lipinski definition) is 1. The smallest absolute Gasteiger partial charge is 0.106 e. The first-order chi connectivity index (χ1) is 8.34. The highest BCUT2D eigenvalue weighted by Crippen LogP contribution is 2.40. The first-order valence-electron chi connectivity index (χ1n) is 6.17. The lowest BCUT2D eigenvalue weighted by atomic mass is 9.77. The van der Waals surface area contributed by atoms with Crippen molar-refractivity contribution in [2.24, 2.45) is 0 Å². The van der Waals surface area contributed by atoms with Crippen molar-refractivity contribution in [2.45, 2.75) is 18.8 Å². The molecule has 1 aliphatic heterocycles. The fourth-order valence-electron chi connectivity index (χ4n) is 3.30. The van der Waals surface area contributed by atoms with Crippen molar-refractivity contribution in [1.29, 1.82) is 0 Å². The van der Waals surface area contributed by atoms with Gasteiger partial charge in [-0.1, -0.05) is 42.5 Å². The third-order valence-corrected chi connectivity index (χ3v) is 4.46. The van der Waals surface area contributed by atoms with Gasteiger partial charge in [0.25, 0.3) is 0 Å². The van der Waals surface area contributed by atoms with Crippen LogP contribution in [0.4, 0.5) is 0 Å². The van der Waals surface area contributed by atoms with E-state index < -0.39 is 0 Å².